The highest BCUT2D eigenvalue weighted by atomic mass is 16.7. The molecule has 11 amide bonds. The van der Waals surface area contributed by atoms with Gasteiger partial charge in [0.1, 0.15) is 66.5 Å². The molecule has 3 fully saturated rings. The minimum atomic E-state index is -1.40. The van der Waals surface area contributed by atoms with Crippen molar-refractivity contribution in [3.63, 3.8) is 0 Å². The van der Waals surface area contributed by atoms with Gasteiger partial charge in [0.2, 0.25) is 59.1 Å². The number of amides is 11. The fraction of sp³-hybridized carbons (Fsp3) is 0.826. The van der Waals surface area contributed by atoms with Gasteiger partial charge in [-0.15, -0.1) is 0 Å². The maximum atomic E-state index is 15.2. The molecule has 97 heavy (non-hydrogen) atoms. The van der Waals surface area contributed by atoms with E-state index in [2.05, 4.69) is 26.2 Å². The van der Waals surface area contributed by atoms with Crippen molar-refractivity contribution in [1.29, 1.82) is 0 Å². The molecular formula is C69H122N12O16. The summed E-state index contributed by atoms with van der Waals surface area (Å²) in [6.07, 6.45) is 0.606. The van der Waals surface area contributed by atoms with Crippen LogP contribution in [0, 0.1) is 35.5 Å². The highest BCUT2D eigenvalue weighted by Crippen LogP contribution is 2.34. The van der Waals surface area contributed by atoms with Gasteiger partial charge < -0.3 is 64.9 Å². The highest BCUT2D eigenvalue weighted by molar-refractivity contribution is 6.00. The van der Waals surface area contributed by atoms with Crippen molar-refractivity contribution in [2.24, 2.45) is 35.5 Å². The Labute approximate surface area is 577 Å². The topological polar surface area (TPSA) is 316 Å². The molecule has 0 spiro atoms. The summed E-state index contributed by atoms with van der Waals surface area (Å²) in [5.74, 6) is -10.3. The first kappa shape index (κ1) is 84.7. The van der Waals surface area contributed by atoms with Gasteiger partial charge in [-0.3, -0.25) is 67.3 Å². The molecule has 28 heteroatoms. The molecule has 0 aromatic heterocycles. The van der Waals surface area contributed by atoms with Crippen molar-refractivity contribution >= 4 is 70.9 Å². The molecular weight excluding hydrogens is 1250 g/mol. The van der Waals surface area contributed by atoms with Crippen LogP contribution in [-0.4, -0.2) is 278 Å². The molecule has 14 atom stereocenters. The number of unbranched alkanes of at least 4 members (excludes halogenated alkanes) is 1. The quantitative estimate of drug-likeness (QED) is 0.0948. The normalized spacial score (nSPS) is 28.0. The Morgan fingerprint density at radius 2 is 1.04 bits per heavy atom. The standard InChI is InChI=1S/C69H122N12O16/c1-24-49-65(89)74(17)47(15)64(88)79(22)56(48(16)96-33-26-25-30-80-31-34-95-35-32-80)61(85)73-54(42(8)9)68(92)75(18)50(36-39(2)3)60(84)70-45(13)59(83)71-46(14)63(87)76(19)51(37-40(4)5)66(90)77(20)52(38-41(6)7)67(91)78(21)55(43(10)11)69(93)81-57(62(86)72-49)58(97-81)44(12)28-27-29-53(82)94-23/h39-52,54-58H,24-38H2,1-23H3,(H,70,84)(H,71,83)(H,72,86)(H,73,85)/t44-,45+,46-,47-,48-,49+,50+,51+,52+,54+,55+,56+,57+,58-/m1/s1. The second-order valence-corrected chi connectivity index (χ2v) is 29.0. The Kier molecular flexibility index (Phi) is 34.3. The molecule has 0 bridgehead atoms. The Morgan fingerprint density at radius 1 is 0.526 bits per heavy atom. The average molecular weight is 1380 g/mol. The molecule has 3 heterocycles. The van der Waals surface area contributed by atoms with E-state index >= 15 is 24.0 Å². The minimum Gasteiger partial charge on any atom is -0.469 e. The Bertz CT molecular complexity index is 2670. The molecule has 3 rings (SSSR count). The number of rotatable bonds is 21. The molecule has 0 radical (unpaired) electrons. The zero-order valence-electron chi connectivity index (χ0n) is 62.7. The van der Waals surface area contributed by atoms with Crippen molar-refractivity contribution in [1.82, 2.24) is 60.6 Å². The van der Waals surface area contributed by atoms with Crippen molar-refractivity contribution in [2.75, 3.05) is 88.9 Å². The van der Waals surface area contributed by atoms with Gasteiger partial charge in [0.15, 0.2) is 6.04 Å². The van der Waals surface area contributed by atoms with Gasteiger partial charge in [0, 0.05) is 68.4 Å². The fourth-order valence-corrected chi connectivity index (χ4v) is 12.8. The predicted octanol–water partition coefficient (Wildman–Crippen LogP) is 2.83. The molecule has 0 aromatic carbocycles. The van der Waals surface area contributed by atoms with Gasteiger partial charge in [0.05, 0.1) is 26.4 Å². The van der Waals surface area contributed by atoms with E-state index in [9.17, 15) is 33.6 Å². The van der Waals surface area contributed by atoms with Crippen molar-refractivity contribution < 1.29 is 76.6 Å². The monoisotopic (exact) mass is 1370 g/mol. The van der Waals surface area contributed by atoms with Crippen molar-refractivity contribution in [3.05, 3.63) is 0 Å². The largest absolute Gasteiger partial charge is 0.469 e. The van der Waals surface area contributed by atoms with Crippen LogP contribution in [0.1, 0.15) is 169 Å². The number of hydrogen-bond donors (Lipinski definition) is 4. The van der Waals surface area contributed by atoms with Gasteiger partial charge in [0.25, 0.3) is 5.91 Å². The van der Waals surface area contributed by atoms with Crippen LogP contribution >= 0.6 is 0 Å². The first-order valence-corrected chi connectivity index (χ1v) is 35.1. The summed E-state index contributed by atoms with van der Waals surface area (Å²) in [5, 5.41) is 12.0. The molecule has 3 saturated heterocycles. The summed E-state index contributed by atoms with van der Waals surface area (Å²) in [6, 6.07) is -13.9. The maximum absolute atomic E-state index is 15.2. The van der Waals surface area contributed by atoms with Crippen LogP contribution in [0.5, 0.6) is 0 Å². The van der Waals surface area contributed by atoms with E-state index in [1.165, 1.54) is 94.7 Å². The average Bonchev–Trinajstić information content (AvgIpc) is 0.754. The van der Waals surface area contributed by atoms with Crippen LogP contribution in [-0.2, 0) is 76.6 Å². The van der Waals surface area contributed by atoms with Gasteiger partial charge in [-0.2, -0.15) is 0 Å². The van der Waals surface area contributed by atoms with E-state index in [1.54, 1.807) is 48.5 Å². The predicted molar refractivity (Wildman–Crippen MR) is 365 cm³/mol. The highest BCUT2D eigenvalue weighted by Gasteiger charge is 2.55. The van der Waals surface area contributed by atoms with Gasteiger partial charge in [-0.25, -0.2) is 5.06 Å². The number of hydrogen-bond acceptors (Lipinski definition) is 17. The van der Waals surface area contributed by atoms with Crippen molar-refractivity contribution in [2.45, 2.75) is 247 Å². The first-order chi connectivity index (χ1) is 45.3. The number of carbonyl (C=O) groups is 12. The molecule has 0 aromatic rings. The van der Waals surface area contributed by atoms with Gasteiger partial charge in [-0.1, -0.05) is 83.1 Å². The van der Waals surface area contributed by atoms with Gasteiger partial charge in [-0.05, 0) is 121 Å². The first-order valence-electron chi connectivity index (χ1n) is 35.1. The molecule has 554 valence electrons. The summed E-state index contributed by atoms with van der Waals surface area (Å²) in [6.45, 7) is 31.4. The molecule has 4 N–H and O–H groups in total. The third-order valence-corrected chi connectivity index (χ3v) is 19.0. The van der Waals surface area contributed by atoms with Crippen LogP contribution in [0.3, 0.4) is 0 Å². The number of nitrogens with one attached hydrogen (secondary N) is 4. The third kappa shape index (κ3) is 23.3. The summed E-state index contributed by atoms with van der Waals surface area (Å²) in [7, 11) is 9.83. The van der Waals surface area contributed by atoms with Crippen LogP contribution in [0.4, 0.5) is 0 Å². The molecule has 3 aliphatic heterocycles. The van der Waals surface area contributed by atoms with E-state index in [0.717, 1.165) is 36.0 Å². The number of morpholine rings is 1. The number of nitrogens with zero attached hydrogens (tertiary/aromatic N) is 8. The Balaban J connectivity index is 2.29. The zero-order valence-corrected chi connectivity index (χ0v) is 62.7. The molecule has 28 nitrogen and oxygen atoms in total. The number of methoxy groups -OCH3 is 1. The summed E-state index contributed by atoms with van der Waals surface area (Å²) < 4.78 is 16.7. The van der Waals surface area contributed by atoms with Crippen molar-refractivity contribution in [3.8, 4) is 0 Å². The summed E-state index contributed by atoms with van der Waals surface area (Å²) in [5.41, 5.74) is 0. The summed E-state index contributed by atoms with van der Waals surface area (Å²) >= 11 is 0. The molecule has 0 unspecified atom stereocenters. The van der Waals surface area contributed by atoms with Crippen LogP contribution in [0.15, 0.2) is 0 Å². The number of likely N-dealkylation sites (N-methyl/N-ethyl adjacent to an activating group) is 6. The third-order valence-electron chi connectivity index (χ3n) is 19.0. The SMILES string of the molecule is CC[C@@H]1NC(=O)[C@@H]2[C@@H]([C@H](C)CCCC(=O)OC)ON2C(=O)[C@H](C(C)C)N(C)C(=O)[C@H](CC(C)C)N(C)C(=O)[C@H](CC(C)C)N(C)C(=O)[C@@H](C)NC(=O)[C@H](C)NC(=O)[C@H](CC(C)C)N(C)C(=O)[C@H](C(C)C)NC(=O)[C@H]([C@@H](C)OCCCCN2CCOCC2)N(C)C(=O)[C@@H](C)N(C)C1=O. The van der Waals surface area contributed by atoms with Crippen LogP contribution in [0.25, 0.3) is 0 Å². The van der Waals surface area contributed by atoms with Gasteiger partial charge >= 0.3 is 5.97 Å². The number of fused-ring (bicyclic) bond motifs is 1. The lowest BCUT2D eigenvalue weighted by Gasteiger charge is -2.50. The van der Waals surface area contributed by atoms with Crippen LogP contribution in [0.2, 0.25) is 0 Å². The number of hydroxylamine groups is 2. The van der Waals surface area contributed by atoms with E-state index in [0.29, 0.717) is 32.5 Å². The summed E-state index contributed by atoms with van der Waals surface area (Å²) in [4.78, 5) is 191. The maximum Gasteiger partial charge on any atom is 0.305 e. The second-order valence-electron chi connectivity index (χ2n) is 29.0. The lowest BCUT2D eigenvalue weighted by molar-refractivity contribution is -0.322. The molecule has 0 aliphatic carbocycles. The number of esters is 1. The Morgan fingerprint density at radius 3 is 1.57 bits per heavy atom. The minimum absolute atomic E-state index is 0.0110. The lowest BCUT2D eigenvalue weighted by atomic mass is 9.88. The Hall–Kier alpha value is -6.52. The number of ether oxygens (including phenoxy) is 3. The second kappa shape index (κ2) is 39.3. The van der Waals surface area contributed by atoms with E-state index < -0.39 is 167 Å². The fourth-order valence-electron chi connectivity index (χ4n) is 12.8. The molecule has 0 saturated carbocycles. The van der Waals surface area contributed by atoms with Crippen LogP contribution < -0.4 is 21.3 Å². The smallest absolute Gasteiger partial charge is 0.305 e. The molecule has 3 aliphatic rings. The lowest BCUT2D eigenvalue weighted by Crippen LogP contribution is -2.72. The zero-order chi connectivity index (χ0) is 73.8. The number of carbonyl (C=O) groups excluding carboxylic acids is 12. The van der Waals surface area contributed by atoms with E-state index in [-0.39, 0.29) is 56.5 Å². The van der Waals surface area contributed by atoms with E-state index in [4.69, 9.17) is 19.0 Å². The van der Waals surface area contributed by atoms with E-state index in [1.807, 2.05) is 41.5 Å².